The fraction of sp³-hybridized carbons (Fsp3) is 0.143. The van der Waals surface area contributed by atoms with Gasteiger partial charge < -0.3 is 4.74 Å². The lowest BCUT2D eigenvalue weighted by atomic mass is 10.3. The van der Waals surface area contributed by atoms with Crippen LogP contribution in [0.25, 0.3) is 0 Å². The molecule has 4 nitrogen and oxygen atoms in total. The Hall–Kier alpha value is -1.37. The Morgan fingerprint density at radius 2 is 1.65 bits per heavy atom. The predicted molar refractivity (Wildman–Crippen MR) is 81.3 cm³/mol. The molecule has 0 aliphatic heterocycles. The minimum absolute atomic E-state index is 0.207. The summed E-state index contributed by atoms with van der Waals surface area (Å²) in [4.78, 5) is 0.251. The number of hydrogen-bond donors (Lipinski definition) is 1. The fourth-order valence-electron chi connectivity index (χ4n) is 1.58. The van der Waals surface area contributed by atoms with Crippen molar-refractivity contribution >= 4 is 26.0 Å². The summed E-state index contributed by atoms with van der Waals surface area (Å²) in [7, 11) is -3.47. The summed E-state index contributed by atoms with van der Waals surface area (Å²) in [6, 6.07) is 15.7. The number of benzene rings is 2. The minimum atomic E-state index is -3.47. The molecule has 0 unspecified atom stereocenters. The van der Waals surface area contributed by atoms with Gasteiger partial charge in [-0.3, -0.25) is 0 Å². The number of sulfonamides is 1. The summed E-state index contributed by atoms with van der Waals surface area (Å²) in [5.41, 5.74) is 0. The predicted octanol–water partition coefficient (Wildman–Crippen LogP) is 2.81. The monoisotopic (exact) mass is 355 g/mol. The first kappa shape index (κ1) is 15.0. The zero-order valence-electron chi connectivity index (χ0n) is 10.6. The Bertz CT molecular complexity index is 659. The second kappa shape index (κ2) is 6.88. The molecule has 106 valence electrons. The van der Waals surface area contributed by atoms with Gasteiger partial charge in [-0.1, -0.05) is 30.3 Å². The molecule has 0 atom stereocenters. The molecule has 2 rings (SSSR count). The van der Waals surface area contributed by atoms with Crippen molar-refractivity contribution in [1.29, 1.82) is 0 Å². The van der Waals surface area contributed by atoms with Gasteiger partial charge in [0.1, 0.15) is 12.4 Å². The van der Waals surface area contributed by atoms with E-state index in [9.17, 15) is 8.42 Å². The molecular weight excluding hydrogens is 342 g/mol. The van der Waals surface area contributed by atoms with Crippen LogP contribution in [-0.4, -0.2) is 21.6 Å². The Kier molecular flexibility index (Phi) is 5.17. The van der Waals surface area contributed by atoms with Gasteiger partial charge in [-0.25, -0.2) is 13.1 Å². The van der Waals surface area contributed by atoms with Crippen molar-refractivity contribution in [3.8, 4) is 5.75 Å². The molecule has 0 saturated carbocycles. The molecular formula is C14H14BrNO3S. The summed E-state index contributed by atoms with van der Waals surface area (Å²) in [6.07, 6.45) is 0. The second-order valence-corrected chi connectivity index (χ2v) is 6.61. The summed E-state index contributed by atoms with van der Waals surface area (Å²) >= 11 is 3.36. The van der Waals surface area contributed by atoms with Gasteiger partial charge in [0.05, 0.1) is 9.37 Å². The first-order valence-corrected chi connectivity index (χ1v) is 8.29. The van der Waals surface area contributed by atoms with Crippen LogP contribution in [-0.2, 0) is 10.0 Å². The smallest absolute Gasteiger partial charge is 0.240 e. The molecule has 2 aromatic carbocycles. The van der Waals surface area contributed by atoms with Crippen molar-refractivity contribution in [3.63, 3.8) is 0 Å². The van der Waals surface area contributed by atoms with E-state index in [0.29, 0.717) is 5.75 Å². The molecule has 6 heteroatoms. The van der Waals surface area contributed by atoms with Gasteiger partial charge in [-0.05, 0) is 40.2 Å². The standard InChI is InChI=1S/C14H14BrNO3S/c15-13-8-4-5-9-14(13)19-11-10-16-20(17,18)12-6-2-1-3-7-12/h1-9,16H,10-11H2. The quantitative estimate of drug-likeness (QED) is 0.810. The van der Waals surface area contributed by atoms with E-state index in [1.165, 1.54) is 0 Å². The summed E-state index contributed by atoms with van der Waals surface area (Å²) in [5, 5.41) is 0. The molecule has 0 aliphatic carbocycles. The van der Waals surface area contributed by atoms with Crippen LogP contribution in [0.5, 0.6) is 5.75 Å². The highest BCUT2D eigenvalue weighted by molar-refractivity contribution is 9.10. The lowest BCUT2D eigenvalue weighted by Crippen LogP contribution is -2.28. The summed E-state index contributed by atoms with van der Waals surface area (Å²) in [6.45, 7) is 0.466. The first-order valence-electron chi connectivity index (χ1n) is 6.01. The average Bonchev–Trinajstić information content (AvgIpc) is 2.46. The molecule has 0 bridgehead atoms. The van der Waals surface area contributed by atoms with Gasteiger partial charge in [-0.15, -0.1) is 0 Å². The van der Waals surface area contributed by atoms with Gasteiger partial charge in [0.15, 0.2) is 0 Å². The average molecular weight is 356 g/mol. The van der Waals surface area contributed by atoms with Crippen LogP contribution < -0.4 is 9.46 Å². The van der Waals surface area contributed by atoms with Crippen LogP contribution in [0.15, 0.2) is 64.0 Å². The van der Waals surface area contributed by atoms with Crippen molar-refractivity contribution in [3.05, 3.63) is 59.1 Å². The number of halogens is 1. The molecule has 0 aliphatic rings. The number of para-hydroxylation sites is 1. The van der Waals surface area contributed by atoms with E-state index in [2.05, 4.69) is 20.7 Å². The summed E-state index contributed by atoms with van der Waals surface area (Å²) < 4.78 is 32.7. The van der Waals surface area contributed by atoms with Gasteiger partial charge >= 0.3 is 0 Å². The van der Waals surface area contributed by atoms with E-state index in [4.69, 9.17) is 4.74 Å². The zero-order chi connectivity index (χ0) is 14.4. The third-order valence-electron chi connectivity index (χ3n) is 2.54. The third-order valence-corrected chi connectivity index (χ3v) is 4.67. The maximum atomic E-state index is 11.9. The molecule has 0 aromatic heterocycles. The van der Waals surface area contributed by atoms with Crippen molar-refractivity contribution in [2.45, 2.75) is 4.90 Å². The van der Waals surface area contributed by atoms with Crippen LogP contribution in [0, 0.1) is 0 Å². The Labute approximate surface area is 127 Å². The maximum absolute atomic E-state index is 11.9. The highest BCUT2D eigenvalue weighted by Crippen LogP contribution is 2.23. The van der Waals surface area contributed by atoms with E-state index >= 15 is 0 Å². The van der Waals surface area contributed by atoms with E-state index < -0.39 is 10.0 Å². The third kappa shape index (κ3) is 4.06. The van der Waals surface area contributed by atoms with Crippen molar-refractivity contribution in [2.75, 3.05) is 13.2 Å². The molecule has 0 amide bonds. The maximum Gasteiger partial charge on any atom is 0.240 e. The van der Waals surface area contributed by atoms with Crippen LogP contribution in [0.3, 0.4) is 0 Å². The molecule has 0 radical (unpaired) electrons. The van der Waals surface area contributed by atoms with Crippen LogP contribution in [0.2, 0.25) is 0 Å². The molecule has 0 heterocycles. The van der Waals surface area contributed by atoms with Crippen molar-refractivity contribution in [1.82, 2.24) is 4.72 Å². The van der Waals surface area contributed by atoms with E-state index in [-0.39, 0.29) is 18.0 Å². The normalized spacial score (nSPS) is 11.2. The molecule has 20 heavy (non-hydrogen) atoms. The number of nitrogens with one attached hydrogen (secondary N) is 1. The van der Waals surface area contributed by atoms with Crippen molar-refractivity contribution in [2.24, 2.45) is 0 Å². The highest BCUT2D eigenvalue weighted by Gasteiger charge is 2.12. The van der Waals surface area contributed by atoms with Gasteiger partial charge in [-0.2, -0.15) is 0 Å². The van der Waals surface area contributed by atoms with E-state index in [0.717, 1.165) is 4.47 Å². The lowest BCUT2D eigenvalue weighted by molar-refractivity contribution is 0.321. The minimum Gasteiger partial charge on any atom is -0.491 e. The molecule has 2 aromatic rings. The van der Waals surface area contributed by atoms with E-state index in [1.807, 2.05) is 24.3 Å². The molecule has 0 fully saturated rings. The van der Waals surface area contributed by atoms with Crippen LogP contribution in [0.4, 0.5) is 0 Å². The zero-order valence-corrected chi connectivity index (χ0v) is 13.0. The number of rotatable bonds is 6. The van der Waals surface area contributed by atoms with Gasteiger partial charge in [0.25, 0.3) is 0 Å². The van der Waals surface area contributed by atoms with E-state index in [1.54, 1.807) is 30.3 Å². The Morgan fingerprint density at radius 3 is 2.35 bits per heavy atom. The molecule has 1 N–H and O–H groups in total. The fourth-order valence-corrected chi connectivity index (χ4v) is 3.02. The number of hydrogen-bond acceptors (Lipinski definition) is 3. The van der Waals surface area contributed by atoms with Crippen molar-refractivity contribution < 1.29 is 13.2 Å². The SMILES string of the molecule is O=S(=O)(NCCOc1ccccc1Br)c1ccccc1. The molecule has 0 saturated heterocycles. The molecule has 0 spiro atoms. The summed E-state index contributed by atoms with van der Waals surface area (Å²) in [5.74, 6) is 0.686. The second-order valence-electron chi connectivity index (χ2n) is 3.99. The van der Waals surface area contributed by atoms with Gasteiger partial charge in [0.2, 0.25) is 10.0 Å². The Balaban J connectivity index is 1.86. The van der Waals surface area contributed by atoms with Crippen LogP contribution >= 0.6 is 15.9 Å². The van der Waals surface area contributed by atoms with Crippen LogP contribution in [0.1, 0.15) is 0 Å². The number of ether oxygens (including phenoxy) is 1. The largest absolute Gasteiger partial charge is 0.491 e. The first-order chi connectivity index (χ1) is 9.59. The topological polar surface area (TPSA) is 55.4 Å². The lowest BCUT2D eigenvalue weighted by Gasteiger charge is -2.09. The highest BCUT2D eigenvalue weighted by atomic mass is 79.9. The van der Waals surface area contributed by atoms with Gasteiger partial charge in [0, 0.05) is 6.54 Å². The Morgan fingerprint density at radius 1 is 1.00 bits per heavy atom.